The third kappa shape index (κ3) is 3.36. The second-order valence-corrected chi connectivity index (χ2v) is 4.53. The number of nitrogens with one attached hydrogen (secondary N) is 1. The van der Waals surface area contributed by atoms with Crippen LogP contribution < -0.4 is 5.32 Å². The summed E-state index contributed by atoms with van der Waals surface area (Å²) in [6.45, 7) is 0.243. The minimum absolute atomic E-state index is 0.0937. The smallest absolute Gasteiger partial charge is 0.291 e. The first-order valence-corrected chi connectivity index (χ1v) is 6.39. The van der Waals surface area contributed by atoms with Gasteiger partial charge in [0.2, 0.25) is 5.82 Å². The third-order valence-electron chi connectivity index (χ3n) is 3.08. The van der Waals surface area contributed by atoms with Crippen LogP contribution in [0, 0.1) is 0 Å². The fourth-order valence-corrected chi connectivity index (χ4v) is 1.95. The van der Waals surface area contributed by atoms with Gasteiger partial charge in [-0.1, -0.05) is 0 Å². The molecule has 21 heavy (non-hydrogen) atoms. The first kappa shape index (κ1) is 15.8. The molecule has 0 aromatic carbocycles. The summed E-state index contributed by atoms with van der Waals surface area (Å²) in [5.74, 6) is -0.582. The molecule has 0 aliphatic carbocycles. The van der Waals surface area contributed by atoms with E-state index in [0.717, 1.165) is 4.68 Å². The molecule has 0 radical (unpaired) electrons. The number of hydrogen-bond donors (Lipinski definition) is 4. The molecule has 4 atom stereocenters. The van der Waals surface area contributed by atoms with Gasteiger partial charge in [0.15, 0.2) is 6.23 Å². The van der Waals surface area contributed by atoms with Crippen LogP contribution in [-0.2, 0) is 9.47 Å². The molecule has 1 saturated heterocycles. The van der Waals surface area contributed by atoms with Crippen molar-refractivity contribution in [1.82, 2.24) is 20.1 Å². The maximum Gasteiger partial charge on any atom is 0.291 e. The van der Waals surface area contributed by atoms with E-state index in [9.17, 15) is 15.0 Å². The topological polar surface area (TPSA) is 139 Å². The molecule has 2 heterocycles. The fourth-order valence-electron chi connectivity index (χ4n) is 1.95. The zero-order valence-corrected chi connectivity index (χ0v) is 11.4. The lowest BCUT2D eigenvalue weighted by atomic mass is 10.1. The Morgan fingerprint density at radius 2 is 2.29 bits per heavy atom. The number of carbonyl (C=O) groups is 1. The van der Waals surface area contributed by atoms with Crippen molar-refractivity contribution >= 4 is 5.91 Å². The molecule has 2 rings (SSSR count). The van der Waals surface area contributed by atoms with Gasteiger partial charge in [-0.15, -0.1) is 5.10 Å². The summed E-state index contributed by atoms with van der Waals surface area (Å²) < 4.78 is 11.2. The second-order valence-electron chi connectivity index (χ2n) is 4.53. The van der Waals surface area contributed by atoms with Gasteiger partial charge in [0.05, 0.1) is 13.2 Å². The first-order chi connectivity index (χ1) is 10.1. The lowest BCUT2D eigenvalue weighted by molar-refractivity contribution is -0.0588. The molecule has 4 N–H and O–H groups in total. The van der Waals surface area contributed by atoms with E-state index in [0.29, 0.717) is 13.2 Å². The first-order valence-electron chi connectivity index (χ1n) is 6.39. The highest BCUT2D eigenvalue weighted by atomic mass is 16.6. The summed E-state index contributed by atoms with van der Waals surface area (Å²) in [5, 5.41) is 35.0. The largest absolute Gasteiger partial charge is 0.394 e. The van der Waals surface area contributed by atoms with Crippen molar-refractivity contribution < 1.29 is 29.6 Å². The summed E-state index contributed by atoms with van der Waals surface area (Å²) >= 11 is 0. The fraction of sp³-hybridized carbons (Fsp3) is 0.727. The van der Waals surface area contributed by atoms with Gasteiger partial charge in [-0.25, -0.2) is 9.67 Å². The SMILES string of the molecule is COCCNC(=O)c1ncn([C@@H]2O[C@H](CO)C(O)[C@@H]2O)n1. The highest BCUT2D eigenvalue weighted by Gasteiger charge is 2.44. The van der Waals surface area contributed by atoms with Gasteiger partial charge in [-0.2, -0.15) is 0 Å². The number of nitrogens with zero attached hydrogens (tertiary/aromatic N) is 3. The number of hydrogen-bond acceptors (Lipinski definition) is 8. The second kappa shape index (κ2) is 6.91. The summed E-state index contributed by atoms with van der Waals surface area (Å²) in [7, 11) is 1.51. The molecule has 0 saturated carbocycles. The molecule has 0 bridgehead atoms. The Morgan fingerprint density at radius 3 is 2.90 bits per heavy atom. The van der Waals surface area contributed by atoms with Crippen molar-refractivity contribution in [1.29, 1.82) is 0 Å². The highest BCUT2D eigenvalue weighted by molar-refractivity contribution is 5.90. The number of aliphatic hydroxyl groups excluding tert-OH is 3. The van der Waals surface area contributed by atoms with Crippen LogP contribution in [0.4, 0.5) is 0 Å². The Bertz CT molecular complexity index is 481. The molecular formula is C11H18N4O6. The number of ether oxygens (including phenoxy) is 2. The lowest BCUT2D eigenvalue weighted by Crippen LogP contribution is -2.33. The molecule has 1 aromatic rings. The van der Waals surface area contributed by atoms with Gasteiger partial charge in [-0.05, 0) is 0 Å². The average molecular weight is 302 g/mol. The van der Waals surface area contributed by atoms with Crippen molar-refractivity contribution in [2.45, 2.75) is 24.5 Å². The molecule has 1 aliphatic heterocycles. The van der Waals surface area contributed by atoms with E-state index in [2.05, 4.69) is 15.4 Å². The quantitative estimate of drug-likeness (QED) is 0.415. The van der Waals surface area contributed by atoms with E-state index in [1.807, 2.05) is 0 Å². The minimum Gasteiger partial charge on any atom is -0.394 e. The van der Waals surface area contributed by atoms with E-state index >= 15 is 0 Å². The molecule has 118 valence electrons. The van der Waals surface area contributed by atoms with Gasteiger partial charge in [0, 0.05) is 13.7 Å². The van der Waals surface area contributed by atoms with E-state index in [1.54, 1.807) is 0 Å². The Morgan fingerprint density at radius 1 is 1.52 bits per heavy atom. The van der Waals surface area contributed by atoms with Crippen LogP contribution in [-0.4, -0.2) is 81.2 Å². The van der Waals surface area contributed by atoms with Gasteiger partial charge in [-0.3, -0.25) is 4.79 Å². The zero-order valence-electron chi connectivity index (χ0n) is 11.4. The number of methoxy groups -OCH3 is 1. The lowest BCUT2D eigenvalue weighted by Gasteiger charge is -2.13. The predicted molar refractivity (Wildman–Crippen MR) is 67.2 cm³/mol. The maximum absolute atomic E-state index is 11.7. The molecule has 1 unspecified atom stereocenters. The number of carbonyl (C=O) groups excluding carboxylic acids is 1. The molecule has 1 fully saturated rings. The molecule has 10 nitrogen and oxygen atoms in total. The predicted octanol–water partition coefficient (Wildman–Crippen LogP) is -2.73. The van der Waals surface area contributed by atoms with Crippen molar-refractivity contribution in [2.24, 2.45) is 0 Å². The Hall–Kier alpha value is -1.59. The van der Waals surface area contributed by atoms with Crippen LogP contribution in [0.3, 0.4) is 0 Å². The van der Waals surface area contributed by atoms with E-state index < -0.39 is 37.1 Å². The van der Waals surface area contributed by atoms with Crippen LogP contribution in [0.15, 0.2) is 6.33 Å². The molecule has 1 aliphatic rings. The van der Waals surface area contributed by atoms with E-state index in [1.165, 1.54) is 13.4 Å². The number of aromatic nitrogens is 3. The van der Waals surface area contributed by atoms with Gasteiger partial charge in [0.25, 0.3) is 5.91 Å². The van der Waals surface area contributed by atoms with Crippen LogP contribution in [0.2, 0.25) is 0 Å². The van der Waals surface area contributed by atoms with E-state index in [4.69, 9.17) is 14.6 Å². The Kier molecular flexibility index (Phi) is 5.20. The number of amides is 1. The van der Waals surface area contributed by atoms with Crippen molar-refractivity contribution in [3.63, 3.8) is 0 Å². The summed E-state index contributed by atoms with van der Waals surface area (Å²) in [5.41, 5.74) is 0. The van der Waals surface area contributed by atoms with Crippen molar-refractivity contribution in [3.05, 3.63) is 12.2 Å². The molecule has 0 spiro atoms. The summed E-state index contributed by atoms with van der Waals surface area (Å²) in [4.78, 5) is 15.5. The Balaban J connectivity index is 2.01. The van der Waals surface area contributed by atoms with Gasteiger partial charge < -0.3 is 30.1 Å². The van der Waals surface area contributed by atoms with Crippen LogP contribution in [0.25, 0.3) is 0 Å². The molecule has 10 heteroatoms. The number of rotatable bonds is 6. The normalized spacial score (nSPS) is 28.8. The van der Waals surface area contributed by atoms with Crippen LogP contribution >= 0.6 is 0 Å². The molecule has 1 aromatic heterocycles. The Labute approximate surface area is 120 Å². The highest BCUT2D eigenvalue weighted by Crippen LogP contribution is 2.28. The maximum atomic E-state index is 11.7. The van der Waals surface area contributed by atoms with Crippen molar-refractivity contribution in [2.75, 3.05) is 26.9 Å². The van der Waals surface area contributed by atoms with Gasteiger partial charge >= 0.3 is 0 Å². The zero-order chi connectivity index (χ0) is 15.4. The van der Waals surface area contributed by atoms with Gasteiger partial charge in [0.1, 0.15) is 24.6 Å². The molecular weight excluding hydrogens is 284 g/mol. The van der Waals surface area contributed by atoms with E-state index in [-0.39, 0.29) is 5.82 Å². The van der Waals surface area contributed by atoms with Crippen molar-refractivity contribution in [3.8, 4) is 0 Å². The minimum atomic E-state index is -1.27. The van der Waals surface area contributed by atoms with Crippen LogP contribution in [0.5, 0.6) is 0 Å². The molecule has 1 amide bonds. The third-order valence-corrected chi connectivity index (χ3v) is 3.08. The summed E-state index contributed by atoms with van der Waals surface area (Å²) in [6, 6.07) is 0. The monoisotopic (exact) mass is 302 g/mol. The standard InChI is InChI=1S/C11H18N4O6/c1-20-3-2-12-10(19)9-13-5-15(14-9)11-8(18)7(17)6(4-16)21-11/h5-8,11,16-18H,2-4H2,1H3,(H,12,19)/t6-,7?,8+,11-/m1/s1. The van der Waals surface area contributed by atoms with Crippen LogP contribution in [0.1, 0.15) is 16.8 Å². The summed E-state index contributed by atoms with van der Waals surface area (Å²) in [6.07, 6.45) is -3.21. The number of aliphatic hydroxyl groups is 3. The average Bonchev–Trinajstić information content (AvgIpc) is 3.06.